The third-order valence-electron chi connectivity index (χ3n) is 2.33. The zero-order valence-corrected chi connectivity index (χ0v) is 12.4. The Morgan fingerprint density at radius 3 is 2.55 bits per heavy atom. The molecular formula is C14H20N2O4. The van der Waals surface area contributed by atoms with E-state index in [1.165, 1.54) is 13.3 Å². The van der Waals surface area contributed by atoms with Crippen molar-refractivity contribution in [2.24, 2.45) is 0 Å². The average Bonchev–Trinajstić information content (AvgIpc) is 2.36. The van der Waals surface area contributed by atoms with Gasteiger partial charge in [0.15, 0.2) is 0 Å². The molecule has 6 heteroatoms. The zero-order chi connectivity index (χ0) is 15.3. The number of nitrogens with one attached hydrogen (secondary N) is 1. The van der Waals surface area contributed by atoms with Crippen LogP contribution in [0.3, 0.4) is 0 Å². The molecule has 0 spiro atoms. The molecule has 0 saturated carbocycles. The van der Waals surface area contributed by atoms with Gasteiger partial charge in [-0.2, -0.15) is 0 Å². The maximum absolute atomic E-state index is 12.1. The number of anilines is 1. The molecular weight excluding hydrogens is 260 g/mol. The maximum atomic E-state index is 12.1. The molecule has 110 valence electrons. The molecule has 1 aromatic heterocycles. The van der Waals surface area contributed by atoms with Crippen LogP contribution >= 0.6 is 0 Å². The third kappa shape index (κ3) is 4.53. The molecule has 0 aliphatic rings. The highest BCUT2D eigenvalue weighted by Gasteiger charge is 2.22. The predicted octanol–water partition coefficient (Wildman–Crippen LogP) is 2.01. The molecule has 0 aliphatic heterocycles. The molecule has 0 bridgehead atoms. The summed E-state index contributed by atoms with van der Waals surface area (Å²) in [6.45, 7) is 6.97. The largest absolute Gasteiger partial charge is 0.467 e. The number of esters is 2. The summed E-state index contributed by atoms with van der Waals surface area (Å²) in [6.07, 6.45) is 1.53. The van der Waals surface area contributed by atoms with Crippen LogP contribution in [0.1, 0.15) is 38.1 Å². The molecule has 0 aliphatic carbocycles. The lowest BCUT2D eigenvalue weighted by atomic mass is 10.2. The second kappa shape index (κ2) is 6.36. The number of rotatable bonds is 4. The normalized spacial score (nSPS) is 12.4. The van der Waals surface area contributed by atoms with E-state index in [4.69, 9.17) is 4.74 Å². The van der Waals surface area contributed by atoms with E-state index in [0.717, 1.165) is 0 Å². The van der Waals surface area contributed by atoms with E-state index in [2.05, 4.69) is 15.0 Å². The lowest BCUT2D eigenvalue weighted by molar-refractivity contribution is -0.141. The van der Waals surface area contributed by atoms with Crippen LogP contribution in [0.5, 0.6) is 0 Å². The van der Waals surface area contributed by atoms with Crippen molar-refractivity contribution in [2.45, 2.75) is 39.3 Å². The Morgan fingerprint density at radius 1 is 1.35 bits per heavy atom. The van der Waals surface area contributed by atoms with Gasteiger partial charge in [-0.3, -0.25) is 0 Å². The first-order chi connectivity index (χ1) is 9.24. The van der Waals surface area contributed by atoms with Gasteiger partial charge in [-0.05, 0) is 39.8 Å². The van der Waals surface area contributed by atoms with Gasteiger partial charge < -0.3 is 14.8 Å². The summed E-state index contributed by atoms with van der Waals surface area (Å²) < 4.78 is 9.92. The zero-order valence-electron chi connectivity index (χ0n) is 12.4. The highest BCUT2D eigenvalue weighted by atomic mass is 16.6. The summed E-state index contributed by atoms with van der Waals surface area (Å²) in [5.41, 5.74) is -0.323. The predicted molar refractivity (Wildman–Crippen MR) is 74.5 cm³/mol. The van der Waals surface area contributed by atoms with E-state index in [1.54, 1.807) is 39.8 Å². The first-order valence-electron chi connectivity index (χ1n) is 6.27. The van der Waals surface area contributed by atoms with Gasteiger partial charge in [-0.15, -0.1) is 0 Å². The van der Waals surface area contributed by atoms with E-state index in [1.807, 2.05) is 0 Å². The lowest BCUT2D eigenvalue weighted by Gasteiger charge is -2.21. The molecule has 0 saturated heterocycles. The van der Waals surface area contributed by atoms with Crippen LogP contribution in [-0.2, 0) is 14.3 Å². The summed E-state index contributed by atoms with van der Waals surface area (Å²) >= 11 is 0. The van der Waals surface area contributed by atoms with Crippen molar-refractivity contribution in [2.75, 3.05) is 12.4 Å². The van der Waals surface area contributed by atoms with E-state index < -0.39 is 23.6 Å². The minimum atomic E-state index is -0.615. The first kappa shape index (κ1) is 15.9. The SMILES string of the molecule is COC(=O)[C@H](C)Nc1ncccc1C(=O)OC(C)(C)C. The number of hydrogen-bond acceptors (Lipinski definition) is 6. The highest BCUT2D eigenvalue weighted by Crippen LogP contribution is 2.18. The quantitative estimate of drug-likeness (QED) is 0.850. The lowest BCUT2D eigenvalue weighted by Crippen LogP contribution is -2.29. The fourth-order valence-corrected chi connectivity index (χ4v) is 1.46. The molecule has 1 N–H and O–H groups in total. The van der Waals surface area contributed by atoms with Crippen LogP contribution in [0.15, 0.2) is 18.3 Å². The van der Waals surface area contributed by atoms with Crippen LogP contribution in [0.2, 0.25) is 0 Å². The number of aromatic nitrogens is 1. The van der Waals surface area contributed by atoms with Gasteiger partial charge in [0.1, 0.15) is 23.0 Å². The number of ether oxygens (including phenoxy) is 2. The van der Waals surface area contributed by atoms with Gasteiger partial charge in [-0.1, -0.05) is 0 Å². The van der Waals surface area contributed by atoms with Crippen molar-refractivity contribution in [1.29, 1.82) is 0 Å². The fourth-order valence-electron chi connectivity index (χ4n) is 1.46. The Balaban J connectivity index is 2.94. The van der Waals surface area contributed by atoms with Crippen LogP contribution in [0.25, 0.3) is 0 Å². The van der Waals surface area contributed by atoms with Gasteiger partial charge in [0.25, 0.3) is 0 Å². The number of methoxy groups -OCH3 is 1. The Morgan fingerprint density at radius 2 is 2.00 bits per heavy atom. The molecule has 0 unspecified atom stereocenters. The summed E-state index contributed by atoms with van der Waals surface area (Å²) in [6, 6.07) is 2.61. The Bertz CT molecular complexity index is 494. The monoisotopic (exact) mass is 280 g/mol. The van der Waals surface area contributed by atoms with Crippen molar-refractivity contribution < 1.29 is 19.1 Å². The Labute approximate surface area is 118 Å². The van der Waals surface area contributed by atoms with Gasteiger partial charge in [-0.25, -0.2) is 14.6 Å². The van der Waals surface area contributed by atoms with E-state index in [9.17, 15) is 9.59 Å². The van der Waals surface area contributed by atoms with Gasteiger partial charge in [0.05, 0.1) is 7.11 Å². The molecule has 1 atom stereocenters. The number of carbonyl (C=O) groups excluding carboxylic acids is 2. The molecule has 6 nitrogen and oxygen atoms in total. The minimum Gasteiger partial charge on any atom is -0.467 e. The van der Waals surface area contributed by atoms with Crippen molar-refractivity contribution in [3.05, 3.63) is 23.9 Å². The van der Waals surface area contributed by atoms with E-state index in [0.29, 0.717) is 5.82 Å². The summed E-state index contributed by atoms with van der Waals surface area (Å²) in [5.74, 6) is -0.643. The summed E-state index contributed by atoms with van der Waals surface area (Å²) in [5, 5.41) is 2.84. The smallest absolute Gasteiger partial charge is 0.342 e. The van der Waals surface area contributed by atoms with Gasteiger partial charge in [0.2, 0.25) is 0 Å². The maximum Gasteiger partial charge on any atom is 0.342 e. The standard InChI is InChI=1S/C14H20N2O4/c1-9(12(17)19-5)16-11-10(7-6-8-15-11)13(18)20-14(2,3)4/h6-9H,1-5H3,(H,15,16)/t9-/m0/s1. The molecule has 1 aromatic rings. The highest BCUT2D eigenvalue weighted by molar-refractivity contribution is 5.95. The third-order valence-corrected chi connectivity index (χ3v) is 2.33. The fraction of sp³-hybridized carbons (Fsp3) is 0.500. The van der Waals surface area contributed by atoms with Gasteiger partial charge >= 0.3 is 11.9 Å². The van der Waals surface area contributed by atoms with Crippen molar-refractivity contribution in [3.63, 3.8) is 0 Å². The molecule has 0 aromatic carbocycles. The van der Waals surface area contributed by atoms with E-state index in [-0.39, 0.29) is 5.56 Å². The summed E-state index contributed by atoms with van der Waals surface area (Å²) in [4.78, 5) is 27.5. The second-order valence-corrected chi connectivity index (χ2v) is 5.29. The second-order valence-electron chi connectivity index (χ2n) is 5.29. The van der Waals surface area contributed by atoms with Crippen LogP contribution in [0.4, 0.5) is 5.82 Å². The van der Waals surface area contributed by atoms with Crippen LogP contribution < -0.4 is 5.32 Å². The molecule has 0 fully saturated rings. The Kier molecular flexibility index (Phi) is 5.07. The molecule has 1 heterocycles. The molecule has 0 radical (unpaired) electrons. The van der Waals surface area contributed by atoms with Gasteiger partial charge in [0, 0.05) is 6.20 Å². The molecule has 20 heavy (non-hydrogen) atoms. The van der Waals surface area contributed by atoms with E-state index >= 15 is 0 Å². The van der Waals surface area contributed by atoms with Crippen LogP contribution in [-0.4, -0.2) is 35.7 Å². The average molecular weight is 280 g/mol. The number of hydrogen-bond donors (Lipinski definition) is 1. The molecule has 0 amide bonds. The topological polar surface area (TPSA) is 77.5 Å². The number of nitrogens with zero attached hydrogens (tertiary/aromatic N) is 1. The molecule has 1 rings (SSSR count). The summed E-state index contributed by atoms with van der Waals surface area (Å²) in [7, 11) is 1.30. The first-order valence-corrected chi connectivity index (χ1v) is 6.27. The Hall–Kier alpha value is -2.11. The minimum absolute atomic E-state index is 0.276. The van der Waals surface area contributed by atoms with Crippen molar-refractivity contribution >= 4 is 17.8 Å². The number of carbonyl (C=O) groups is 2. The van der Waals surface area contributed by atoms with Crippen LogP contribution in [0, 0.1) is 0 Å². The number of pyridine rings is 1. The van der Waals surface area contributed by atoms with Crippen molar-refractivity contribution in [1.82, 2.24) is 4.98 Å². The van der Waals surface area contributed by atoms with Crippen molar-refractivity contribution in [3.8, 4) is 0 Å².